The van der Waals surface area contributed by atoms with Crippen LogP contribution in [0.25, 0.3) is 0 Å². The number of imidazole rings is 1. The van der Waals surface area contributed by atoms with Crippen LogP contribution < -0.4 is 5.32 Å². The minimum absolute atomic E-state index is 0.417. The molecule has 1 heterocycles. The molecule has 0 aliphatic rings. The van der Waals surface area contributed by atoms with Gasteiger partial charge in [-0.1, -0.05) is 28.1 Å². The summed E-state index contributed by atoms with van der Waals surface area (Å²) in [6.45, 7) is 0. The Morgan fingerprint density at radius 3 is 2.76 bits per heavy atom. The maximum absolute atomic E-state index is 10.6. The molecule has 5 nitrogen and oxygen atoms in total. The normalized spacial score (nSPS) is 10.2. The Morgan fingerprint density at radius 2 is 2.12 bits per heavy atom. The van der Waals surface area contributed by atoms with Crippen molar-refractivity contribution in [2.45, 2.75) is 6.42 Å². The highest BCUT2D eigenvalue weighted by atomic mass is 79.9. The van der Waals surface area contributed by atoms with Crippen LogP contribution in [0.1, 0.15) is 11.3 Å². The molecule has 0 atom stereocenters. The van der Waals surface area contributed by atoms with Crippen LogP contribution in [-0.4, -0.2) is 21.2 Å². The van der Waals surface area contributed by atoms with E-state index in [9.17, 15) is 4.79 Å². The van der Waals surface area contributed by atoms with E-state index in [0.29, 0.717) is 17.9 Å². The number of nitrogens with one attached hydrogen (secondary N) is 2. The SMILES string of the molecule is O=C(O)Nc1[nH]cnc1Cc1ccc(Br)cc1. The fourth-order valence-corrected chi connectivity index (χ4v) is 1.73. The number of aromatic nitrogens is 2. The van der Waals surface area contributed by atoms with Crippen LogP contribution in [0.2, 0.25) is 0 Å². The second-order valence-electron chi connectivity index (χ2n) is 3.46. The van der Waals surface area contributed by atoms with Crippen LogP contribution in [0.5, 0.6) is 0 Å². The van der Waals surface area contributed by atoms with Gasteiger partial charge in [-0.15, -0.1) is 0 Å². The Balaban J connectivity index is 2.15. The lowest BCUT2D eigenvalue weighted by molar-refractivity contribution is 0.209. The third kappa shape index (κ3) is 3.07. The summed E-state index contributed by atoms with van der Waals surface area (Å²) in [6.07, 6.45) is 0.942. The highest BCUT2D eigenvalue weighted by Crippen LogP contribution is 2.17. The maximum atomic E-state index is 10.6. The van der Waals surface area contributed by atoms with Crippen molar-refractivity contribution in [1.82, 2.24) is 9.97 Å². The molecule has 17 heavy (non-hydrogen) atoms. The van der Waals surface area contributed by atoms with Crippen LogP contribution in [0.4, 0.5) is 10.6 Å². The Labute approximate surface area is 106 Å². The van der Waals surface area contributed by atoms with Gasteiger partial charge in [-0.25, -0.2) is 9.78 Å². The lowest BCUT2D eigenvalue weighted by Crippen LogP contribution is -2.09. The predicted molar refractivity (Wildman–Crippen MR) is 67.2 cm³/mol. The smallest absolute Gasteiger partial charge is 0.410 e. The highest BCUT2D eigenvalue weighted by molar-refractivity contribution is 9.10. The minimum atomic E-state index is -1.11. The van der Waals surface area contributed by atoms with Crippen molar-refractivity contribution in [2.75, 3.05) is 5.32 Å². The third-order valence-corrected chi connectivity index (χ3v) is 2.76. The molecule has 2 aromatic rings. The number of H-pyrrole nitrogens is 1. The molecule has 0 radical (unpaired) electrons. The van der Waals surface area contributed by atoms with Gasteiger partial charge >= 0.3 is 6.09 Å². The first kappa shape index (κ1) is 11.7. The lowest BCUT2D eigenvalue weighted by atomic mass is 10.1. The van der Waals surface area contributed by atoms with Crippen LogP contribution in [0, 0.1) is 0 Å². The topological polar surface area (TPSA) is 78.0 Å². The number of anilines is 1. The summed E-state index contributed by atoms with van der Waals surface area (Å²) in [6, 6.07) is 7.80. The van der Waals surface area contributed by atoms with Crippen molar-refractivity contribution in [2.24, 2.45) is 0 Å². The lowest BCUT2D eigenvalue weighted by Gasteiger charge is -2.02. The van der Waals surface area contributed by atoms with E-state index in [1.165, 1.54) is 6.33 Å². The van der Waals surface area contributed by atoms with E-state index < -0.39 is 6.09 Å². The van der Waals surface area contributed by atoms with E-state index in [0.717, 1.165) is 10.0 Å². The second kappa shape index (κ2) is 5.01. The molecule has 0 fully saturated rings. The predicted octanol–water partition coefficient (Wildman–Crippen LogP) is 2.85. The molecular formula is C11H10BrN3O2. The monoisotopic (exact) mass is 295 g/mol. The van der Waals surface area contributed by atoms with E-state index in [4.69, 9.17) is 5.11 Å². The molecule has 1 aromatic carbocycles. The van der Waals surface area contributed by atoms with Gasteiger partial charge in [-0.05, 0) is 17.7 Å². The summed E-state index contributed by atoms with van der Waals surface area (Å²) in [4.78, 5) is 17.4. The molecule has 0 saturated carbocycles. The molecule has 2 rings (SSSR count). The number of hydrogen-bond donors (Lipinski definition) is 3. The molecule has 0 aliphatic heterocycles. The molecular weight excluding hydrogens is 286 g/mol. The van der Waals surface area contributed by atoms with Gasteiger partial charge in [0.2, 0.25) is 0 Å². The zero-order valence-corrected chi connectivity index (χ0v) is 10.4. The van der Waals surface area contributed by atoms with Gasteiger partial charge in [-0.2, -0.15) is 0 Å². The second-order valence-corrected chi connectivity index (χ2v) is 4.37. The summed E-state index contributed by atoms with van der Waals surface area (Å²) in [5, 5.41) is 10.9. The zero-order valence-electron chi connectivity index (χ0n) is 8.77. The number of halogens is 1. The van der Waals surface area contributed by atoms with Gasteiger partial charge < -0.3 is 10.1 Å². The molecule has 3 N–H and O–H groups in total. The number of carbonyl (C=O) groups is 1. The summed E-state index contributed by atoms with van der Waals surface area (Å²) in [7, 11) is 0. The van der Waals surface area contributed by atoms with Gasteiger partial charge in [0.25, 0.3) is 0 Å². The first-order valence-corrected chi connectivity index (χ1v) is 5.71. The van der Waals surface area contributed by atoms with Crippen LogP contribution in [0.3, 0.4) is 0 Å². The van der Waals surface area contributed by atoms with Gasteiger partial charge in [0.05, 0.1) is 12.0 Å². The molecule has 0 saturated heterocycles. The fraction of sp³-hybridized carbons (Fsp3) is 0.0909. The summed E-state index contributed by atoms with van der Waals surface area (Å²) in [5.41, 5.74) is 1.74. The molecule has 0 unspecified atom stereocenters. The Hall–Kier alpha value is -1.82. The van der Waals surface area contributed by atoms with E-state index in [2.05, 4.69) is 31.2 Å². The highest BCUT2D eigenvalue weighted by Gasteiger charge is 2.08. The van der Waals surface area contributed by atoms with Crippen molar-refractivity contribution >= 4 is 27.8 Å². The van der Waals surface area contributed by atoms with E-state index in [1.807, 2.05) is 24.3 Å². The van der Waals surface area contributed by atoms with Crippen molar-refractivity contribution in [1.29, 1.82) is 0 Å². The number of amides is 1. The molecule has 1 amide bonds. The van der Waals surface area contributed by atoms with Gasteiger partial charge in [0, 0.05) is 10.9 Å². The average molecular weight is 296 g/mol. The van der Waals surface area contributed by atoms with Gasteiger partial charge in [0.1, 0.15) is 5.82 Å². The van der Waals surface area contributed by atoms with E-state index in [1.54, 1.807) is 0 Å². The Bertz CT molecular complexity index is 522. The zero-order chi connectivity index (χ0) is 12.3. The van der Waals surface area contributed by atoms with Crippen LogP contribution in [0.15, 0.2) is 35.1 Å². The summed E-state index contributed by atoms with van der Waals surface area (Å²) >= 11 is 3.36. The van der Waals surface area contributed by atoms with Gasteiger partial charge in [0.15, 0.2) is 0 Å². The largest absolute Gasteiger partial charge is 0.465 e. The summed E-state index contributed by atoms with van der Waals surface area (Å²) < 4.78 is 1.01. The van der Waals surface area contributed by atoms with Crippen LogP contribution >= 0.6 is 15.9 Å². The standard InChI is InChI=1S/C11H10BrN3O2/c12-8-3-1-7(2-4-8)5-9-10(14-6-13-9)15-11(16)17/h1-4,6,15H,5H2,(H,13,14)(H,16,17). The first-order valence-electron chi connectivity index (χ1n) is 4.92. The third-order valence-electron chi connectivity index (χ3n) is 2.23. The van der Waals surface area contributed by atoms with Crippen molar-refractivity contribution in [3.63, 3.8) is 0 Å². The molecule has 88 valence electrons. The number of nitrogens with zero attached hydrogens (tertiary/aromatic N) is 1. The fourth-order valence-electron chi connectivity index (χ4n) is 1.47. The molecule has 6 heteroatoms. The maximum Gasteiger partial charge on any atom is 0.410 e. The Kier molecular flexibility index (Phi) is 3.43. The van der Waals surface area contributed by atoms with E-state index in [-0.39, 0.29) is 0 Å². The first-order chi connectivity index (χ1) is 8.15. The molecule has 0 spiro atoms. The quantitative estimate of drug-likeness (QED) is 0.815. The number of carboxylic acid groups (broad SMARTS) is 1. The average Bonchev–Trinajstić information content (AvgIpc) is 2.68. The van der Waals surface area contributed by atoms with Gasteiger partial charge in [-0.3, -0.25) is 5.32 Å². The minimum Gasteiger partial charge on any atom is -0.465 e. The van der Waals surface area contributed by atoms with Crippen LogP contribution in [-0.2, 0) is 6.42 Å². The number of benzene rings is 1. The van der Waals surface area contributed by atoms with Crippen molar-refractivity contribution in [3.8, 4) is 0 Å². The number of rotatable bonds is 3. The van der Waals surface area contributed by atoms with Crippen molar-refractivity contribution < 1.29 is 9.90 Å². The Morgan fingerprint density at radius 1 is 1.41 bits per heavy atom. The number of aromatic amines is 1. The van der Waals surface area contributed by atoms with E-state index >= 15 is 0 Å². The molecule has 1 aromatic heterocycles. The molecule has 0 bridgehead atoms. The number of hydrogen-bond acceptors (Lipinski definition) is 2. The summed E-state index contributed by atoms with van der Waals surface area (Å²) in [5.74, 6) is 0.417. The van der Waals surface area contributed by atoms with Crippen molar-refractivity contribution in [3.05, 3.63) is 46.3 Å². The molecule has 0 aliphatic carbocycles.